The van der Waals surface area contributed by atoms with E-state index in [-0.39, 0.29) is 11.8 Å². The number of aromatic nitrogens is 2. The largest absolute Gasteiger partial charge is 0.339 e. The molecule has 1 saturated heterocycles. The molecular formula is C20H28N4O2. The van der Waals surface area contributed by atoms with Gasteiger partial charge in [-0.2, -0.15) is 0 Å². The van der Waals surface area contributed by atoms with Crippen LogP contribution in [0.4, 0.5) is 0 Å². The van der Waals surface area contributed by atoms with E-state index in [4.69, 9.17) is 0 Å². The van der Waals surface area contributed by atoms with E-state index in [9.17, 15) is 9.59 Å². The van der Waals surface area contributed by atoms with E-state index >= 15 is 0 Å². The lowest BCUT2D eigenvalue weighted by atomic mass is 10.1. The standard InChI is InChI=1S/C20H28N4O2/c1-14(2)11-19(25)23-7-9-24(10-8-23)20(26)13-16-5-6-18-17(12-16)21-15(3)22(18)4/h5-6,12,14H,7-11,13H2,1-4H3. The number of aryl methyl sites for hydroxylation is 2. The van der Waals surface area contributed by atoms with Gasteiger partial charge in [0.2, 0.25) is 11.8 Å². The van der Waals surface area contributed by atoms with Crippen LogP contribution in [0, 0.1) is 12.8 Å². The van der Waals surface area contributed by atoms with Gasteiger partial charge in [0.25, 0.3) is 0 Å². The van der Waals surface area contributed by atoms with Crippen molar-refractivity contribution >= 4 is 22.8 Å². The van der Waals surface area contributed by atoms with Gasteiger partial charge in [-0.15, -0.1) is 0 Å². The third kappa shape index (κ3) is 3.89. The summed E-state index contributed by atoms with van der Waals surface area (Å²) in [7, 11) is 2.00. The molecule has 0 aliphatic carbocycles. The Morgan fingerprint density at radius 2 is 1.69 bits per heavy atom. The summed E-state index contributed by atoms with van der Waals surface area (Å²) in [4.78, 5) is 33.1. The van der Waals surface area contributed by atoms with Crippen molar-refractivity contribution in [3.8, 4) is 0 Å². The Kier molecular flexibility index (Phi) is 5.30. The van der Waals surface area contributed by atoms with Gasteiger partial charge in [-0.05, 0) is 30.5 Å². The molecule has 26 heavy (non-hydrogen) atoms. The number of piperazine rings is 1. The van der Waals surface area contributed by atoms with E-state index in [2.05, 4.69) is 18.8 Å². The molecule has 1 aromatic carbocycles. The first-order valence-electron chi connectivity index (χ1n) is 9.32. The molecule has 0 N–H and O–H groups in total. The maximum Gasteiger partial charge on any atom is 0.227 e. The van der Waals surface area contributed by atoms with Gasteiger partial charge in [0.1, 0.15) is 5.82 Å². The second kappa shape index (κ2) is 7.48. The average Bonchev–Trinajstić information content (AvgIpc) is 2.88. The zero-order chi connectivity index (χ0) is 18.8. The first kappa shape index (κ1) is 18.4. The highest BCUT2D eigenvalue weighted by Crippen LogP contribution is 2.17. The summed E-state index contributed by atoms with van der Waals surface area (Å²) in [6.45, 7) is 8.59. The van der Waals surface area contributed by atoms with E-state index < -0.39 is 0 Å². The molecule has 0 bridgehead atoms. The number of rotatable bonds is 4. The topological polar surface area (TPSA) is 58.4 Å². The minimum Gasteiger partial charge on any atom is -0.339 e. The van der Waals surface area contributed by atoms with Gasteiger partial charge in [0.05, 0.1) is 17.5 Å². The smallest absolute Gasteiger partial charge is 0.227 e. The Labute approximate surface area is 154 Å². The van der Waals surface area contributed by atoms with Crippen LogP contribution in [-0.4, -0.2) is 57.3 Å². The lowest BCUT2D eigenvalue weighted by molar-refractivity contribution is -0.139. The summed E-state index contributed by atoms with van der Waals surface area (Å²) in [6.07, 6.45) is 0.961. The maximum atomic E-state index is 12.6. The third-order valence-electron chi connectivity index (χ3n) is 5.09. The van der Waals surface area contributed by atoms with Crippen molar-refractivity contribution in [2.45, 2.75) is 33.6 Å². The van der Waals surface area contributed by atoms with Crippen molar-refractivity contribution in [2.75, 3.05) is 26.2 Å². The van der Waals surface area contributed by atoms with Gasteiger partial charge in [-0.25, -0.2) is 4.98 Å². The molecule has 1 fully saturated rings. The molecule has 0 spiro atoms. The fraction of sp³-hybridized carbons (Fsp3) is 0.550. The van der Waals surface area contributed by atoms with Crippen LogP contribution < -0.4 is 0 Å². The Hall–Kier alpha value is -2.37. The lowest BCUT2D eigenvalue weighted by Crippen LogP contribution is -2.51. The van der Waals surface area contributed by atoms with E-state index in [1.165, 1.54) is 0 Å². The van der Waals surface area contributed by atoms with Crippen molar-refractivity contribution in [2.24, 2.45) is 13.0 Å². The zero-order valence-corrected chi connectivity index (χ0v) is 16.2. The second-order valence-corrected chi connectivity index (χ2v) is 7.58. The van der Waals surface area contributed by atoms with Gasteiger partial charge in [0.15, 0.2) is 0 Å². The minimum atomic E-state index is 0.118. The summed E-state index contributed by atoms with van der Waals surface area (Å²) in [6, 6.07) is 6.03. The van der Waals surface area contributed by atoms with Crippen LogP contribution in [0.2, 0.25) is 0 Å². The summed E-state index contributed by atoms with van der Waals surface area (Å²) >= 11 is 0. The monoisotopic (exact) mass is 356 g/mol. The quantitative estimate of drug-likeness (QED) is 0.843. The van der Waals surface area contributed by atoms with Crippen molar-refractivity contribution in [3.63, 3.8) is 0 Å². The van der Waals surface area contributed by atoms with Crippen LogP contribution in [-0.2, 0) is 23.1 Å². The minimum absolute atomic E-state index is 0.118. The van der Waals surface area contributed by atoms with Crippen LogP contribution >= 0.6 is 0 Å². The van der Waals surface area contributed by atoms with E-state index in [0.29, 0.717) is 44.9 Å². The molecular weight excluding hydrogens is 328 g/mol. The van der Waals surface area contributed by atoms with Crippen molar-refractivity contribution < 1.29 is 9.59 Å². The molecule has 6 nitrogen and oxygen atoms in total. The zero-order valence-electron chi connectivity index (χ0n) is 16.2. The molecule has 6 heteroatoms. The fourth-order valence-corrected chi connectivity index (χ4v) is 3.45. The Balaban J connectivity index is 1.58. The van der Waals surface area contributed by atoms with Crippen LogP contribution in [0.1, 0.15) is 31.7 Å². The molecule has 2 aromatic rings. The summed E-state index contributed by atoms with van der Waals surface area (Å²) in [5, 5.41) is 0. The SMILES string of the molecule is Cc1nc2cc(CC(=O)N3CCN(C(=O)CC(C)C)CC3)ccc2n1C. The predicted octanol–water partition coefficient (Wildman–Crippen LogP) is 2.14. The van der Waals surface area contributed by atoms with Gasteiger partial charge < -0.3 is 14.4 Å². The lowest BCUT2D eigenvalue weighted by Gasteiger charge is -2.35. The number of imidazole rings is 1. The summed E-state index contributed by atoms with van der Waals surface area (Å²) < 4.78 is 2.05. The number of hydrogen-bond acceptors (Lipinski definition) is 3. The van der Waals surface area contributed by atoms with Crippen molar-refractivity contribution in [1.29, 1.82) is 0 Å². The Morgan fingerprint density at radius 1 is 1.08 bits per heavy atom. The number of nitrogens with zero attached hydrogens (tertiary/aromatic N) is 4. The molecule has 3 rings (SSSR count). The maximum absolute atomic E-state index is 12.6. The van der Waals surface area contributed by atoms with E-state index in [0.717, 1.165) is 22.4 Å². The fourth-order valence-electron chi connectivity index (χ4n) is 3.45. The molecule has 0 unspecified atom stereocenters. The molecule has 1 aromatic heterocycles. The molecule has 2 amide bonds. The number of carbonyl (C=O) groups excluding carboxylic acids is 2. The molecule has 140 valence electrons. The first-order chi connectivity index (χ1) is 12.3. The normalized spacial score (nSPS) is 15.1. The van der Waals surface area contributed by atoms with Gasteiger partial charge >= 0.3 is 0 Å². The van der Waals surface area contributed by atoms with Crippen molar-refractivity contribution in [1.82, 2.24) is 19.4 Å². The second-order valence-electron chi connectivity index (χ2n) is 7.58. The number of amides is 2. The molecule has 0 atom stereocenters. The molecule has 0 saturated carbocycles. The van der Waals surface area contributed by atoms with Gasteiger partial charge in [-0.3, -0.25) is 9.59 Å². The highest BCUT2D eigenvalue weighted by molar-refractivity contribution is 5.82. The van der Waals surface area contributed by atoms with Gasteiger partial charge in [-0.1, -0.05) is 19.9 Å². The van der Waals surface area contributed by atoms with Crippen LogP contribution in [0.25, 0.3) is 11.0 Å². The van der Waals surface area contributed by atoms with Gasteiger partial charge in [0, 0.05) is 39.6 Å². The number of carbonyl (C=O) groups is 2. The average molecular weight is 356 g/mol. The molecule has 2 heterocycles. The van der Waals surface area contributed by atoms with Crippen LogP contribution in [0.15, 0.2) is 18.2 Å². The molecule has 0 radical (unpaired) electrons. The summed E-state index contributed by atoms with van der Waals surface area (Å²) in [5.74, 6) is 1.65. The summed E-state index contributed by atoms with van der Waals surface area (Å²) in [5.41, 5.74) is 2.99. The highest BCUT2D eigenvalue weighted by Gasteiger charge is 2.24. The molecule has 1 aliphatic heterocycles. The van der Waals surface area contributed by atoms with Crippen LogP contribution in [0.3, 0.4) is 0 Å². The molecule has 1 aliphatic rings. The Morgan fingerprint density at radius 3 is 2.31 bits per heavy atom. The number of benzene rings is 1. The predicted molar refractivity (Wildman–Crippen MR) is 102 cm³/mol. The Bertz CT molecular complexity index is 817. The number of fused-ring (bicyclic) bond motifs is 1. The third-order valence-corrected chi connectivity index (χ3v) is 5.09. The van der Waals surface area contributed by atoms with E-state index in [1.807, 2.05) is 46.5 Å². The van der Waals surface area contributed by atoms with E-state index in [1.54, 1.807) is 0 Å². The van der Waals surface area contributed by atoms with Crippen LogP contribution in [0.5, 0.6) is 0 Å². The van der Waals surface area contributed by atoms with Crippen molar-refractivity contribution in [3.05, 3.63) is 29.6 Å². The highest BCUT2D eigenvalue weighted by atomic mass is 16.2. The first-order valence-corrected chi connectivity index (χ1v) is 9.32. The number of hydrogen-bond donors (Lipinski definition) is 0.